The van der Waals surface area contributed by atoms with Crippen molar-refractivity contribution < 1.29 is 9.53 Å². The summed E-state index contributed by atoms with van der Waals surface area (Å²) >= 11 is 0. The molecule has 11 nitrogen and oxygen atoms in total. The largest absolute Gasteiger partial charge is 0.381 e. The lowest BCUT2D eigenvalue weighted by Crippen LogP contribution is -2.55. The molecule has 0 aromatic carbocycles. The van der Waals surface area contributed by atoms with Gasteiger partial charge in [0.15, 0.2) is 11.6 Å². The van der Waals surface area contributed by atoms with Gasteiger partial charge >= 0.3 is 0 Å². The number of anilines is 3. The molecule has 6 heterocycles. The molecule has 4 aliphatic rings. The molecule has 7 rings (SSSR count). The number of nitrogens with zero attached hydrogens (tertiary/aromatic N) is 6. The Morgan fingerprint density at radius 2 is 1.95 bits per heavy atom. The van der Waals surface area contributed by atoms with Crippen LogP contribution in [-0.4, -0.2) is 86.6 Å². The number of aromatic nitrogens is 5. The number of likely N-dealkylation sites (tertiary alicyclic amines) is 1. The quantitative estimate of drug-likeness (QED) is 0.437. The molecule has 0 spiro atoms. The fraction of sp³-hybridized carbons (Fsp3) is 0.630. The number of carbonyl (C=O) groups excluding carboxylic acids is 1. The van der Waals surface area contributed by atoms with Gasteiger partial charge in [0.25, 0.3) is 0 Å². The number of H-pyrrole nitrogens is 1. The van der Waals surface area contributed by atoms with Crippen molar-refractivity contribution in [1.29, 1.82) is 0 Å². The zero-order chi connectivity index (χ0) is 25.5. The van der Waals surface area contributed by atoms with Gasteiger partial charge in [0.2, 0.25) is 11.9 Å². The number of rotatable bonds is 7. The first-order valence-corrected chi connectivity index (χ1v) is 14.3. The van der Waals surface area contributed by atoms with Crippen LogP contribution < -0.4 is 15.5 Å². The fourth-order valence-electron chi connectivity index (χ4n) is 6.34. The Balaban J connectivity index is 1.06. The average Bonchev–Trinajstić information content (AvgIpc) is 3.32. The van der Waals surface area contributed by atoms with Crippen LogP contribution in [-0.2, 0) is 9.53 Å². The number of amides is 1. The Hall–Kier alpha value is -3.18. The van der Waals surface area contributed by atoms with Gasteiger partial charge in [-0.05, 0) is 70.0 Å². The summed E-state index contributed by atoms with van der Waals surface area (Å²) in [7, 11) is 0. The topological polar surface area (TPSA) is 116 Å². The van der Waals surface area contributed by atoms with Crippen LogP contribution >= 0.6 is 0 Å². The molecular formula is C27H37N9O2. The van der Waals surface area contributed by atoms with E-state index in [0.29, 0.717) is 23.7 Å². The van der Waals surface area contributed by atoms with E-state index in [1.54, 1.807) is 0 Å². The van der Waals surface area contributed by atoms with Gasteiger partial charge in [-0.15, -0.1) is 5.10 Å². The first kappa shape index (κ1) is 23.9. The highest BCUT2D eigenvalue weighted by Crippen LogP contribution is 2.39. The van der Waals surface area contributed by atoms with Crippen molar-refractivity contribution in [3.63, 3.8) is 0 Å². The third-order valence-electron chi connectivity index (χ3n) is 8.56. The highest BCUT2D eigenvalue weighted by molar-refractivity contribution is 5.86. The second-order valence-electron chi connectivity index (χ2n) is 11.2. The standard InChI is InChI=1S/C27H37N9O2/c37-26(28-19-4-1-11-34(17-19)20-9-14-38-15-10-20)23-6-2-12-35(23)27-30-25(22-5-3-13-36(22)33-27)29-24-16-21(31-32-24)18-7-8-18/h3,5,13,16,18-20,23H,1-2,4,6-12,14-15,17H2,(H,28,37)(H2,29,30,31,32,33)/t19?,23-/m0/s1. The number of hydrogen-bond acceptors (Lipinski definition) is 8. The number of nitrogens with one attached hydrogen (secondary N) is 3. The van der Waals surface area contributed by atoms with E-state index >= 15 is 0 Å². The molecule has 4 fully saturated rings. The predicted octanol–water partition coefficient (Wildman–Crippen LogP) is 2.80. The van der Waals surface area contributed by atoms with Crippen LogP contribution in [0.2, 0.25) is 0 Å². The molecule has 38 heavy (non-hydrogen) atoms. The maximum atomic E-state index is 13.6. The number of carbonyl (C=O) groups is 1. The van der Waals surface area contributed by atoms with E-state index in [4.69, 9.17) is 14.8 Å². The van der Waals surface area contributed by atoms with Crippen molar-refractivity contribution >= 4 is 29.0 Å². The van der Waals surface area contributed by atoms with E-state index in [9.17, 15) is 4.79 Å². The molecule has 1 amide bonds. The van der Waals surface area contributed by atoms with Gasteiger partial charge in [0.05, 0.1) is 0 Å². The summed E-state index contributed by atoms with van der Waals surface area (Å²) in [6.45, 7) is 4.50. The van der Waals surface area contributed by atoms with E-state index in [2.05, 4.69) is 36.7 Å². The average molecular weight is 520 g/mol. The minimum Gasteiger partial charge on any atom is -0.381 e. The predicted molar refractivity (Wildman–Crippen MR) is 144 cm³/mol. The Labute approximate surface area is 222 Å². The second kappa shape index (κ2) is 10.2. The third-order valence-corrected chi connectivity index (χ3v) is 8.56. The highest BCUT2D eigenvalue weighted by atomic mass is 16.5. The van der Waals surface area contributed by atoms with Gasteiger partial charge < -0.3 is 20.3 Å². The molecule has 3 saturated heterocycles. The number of ether oxygens (including phenoxy) is 1. The van der Waals surface area contributed by atoms with Crippen molar-refractivity contribution in [1.82, 2.24) is 35.0 Å². The van der Waals surface area contributed by atoms with Crippen LogP contribution in [0, 0.1) is 0 Å². The van der Waals surface area contributed by atoms with Crippen LogP contribution in [0.1, 0.15) is 63.0 Å². The normalized spacial score (nSPS) is 25.2. The van der Waals surface area contributed by atoms with E-state index in [1.165, 1.54) is 18.5 Å². The van der Waals surface area contributed by atoms with E-state index in [-0.39, 0.29) is 18.0 Å². The van der Waals surface area contributed by atoms with Gasteiger partial charge in [-0.1, -0.05) is 0 Å². The zero-order valence-electron chi connectivity index (χ0n) is 21.8. The smallest absolute Gasteiger partial charge is 0.246 e. The molecule has 3 aromatic heterocycles. The van der Waals surface area contributed by atoms with Crippen LogP contribution in [0.15, 0.2) is 24.4 Å². The van der Waals surface area contributed by atoms with Crippen LogP contribution in [0.5, 0.6) is 0 Å². The SMILES string of the molecule is O=C(NC1CCCN(C2CCOCC2)C1)[C@@H]1CCCN1c1nc(Nc2cc(C3CC3)[nH]n2)c2cccn2n1. The van der Waals surface area contributed by atoms with Crippen molar-refractivity contribution in [3.05, 3.63) is 30.1 Å². The third kappa shape index (κ3) is 4.84. The molecular weight excluding hydrogens is 482 g/mol. The van der Waals surface area contributed by atoms with Gasteiger partial charge in [-0.25, -0.2) is 4.52 Å². The summed E-state index contributed by atoms with van der Waals surface area (Å²) in [4.78, 5) is 23.1. The number of fused-ring (bicyclic) bond motifs is 1. The van der Waals surface area contributed by atoms with Gasteiger partial charge in [-0.3, -0.25) is 14.8 Å². The number of hydrogen-bond donors (Lipinski definition) is 3. The molecule has 3 aliphatic heterocycles. The lowest BCUT2D eigenvalue weighted by Gasteiger charge is -2.40. The summed E-state index contributed by atoms with van der Waals surface area (Å²) in [6.07, 6.45) is 10.4. The lowest BCUT2D eigenvalue weighted by atomic mass is 9.99. The van der Waals surface area contributed by atoms with Gasteiger partial charge in [0.1, 0.15) is 11.6 Å². The zero-order valence-corrected chi connectivity index (χ0v) is 21.8. The molecule has 202 valence electrons. The van der Waals surface area contributed by atoms with Crippen LogP contribution in [0.25, 0.3) is 5.52 Å². The molecule has 2 atom stereocenters. The van der Waals surface area contributed by atoms with Crippen molar-refractivity contribution in [2.45, 2.75) is 75.4 Å². The molecule has 3 N–H and O–H groups in total. The van der Waals surface area contributed by atoms with E-state index in [0.717, 1.165) is 82.7 Å². The van der Waals surface area contributed by atoms with E-state index < -0.39 is 0 Å². The summed E-state index contributed by atoms with van der Waals surface area (Å²) in [6, 6.07) is 6.52. The fourth-order valence-corrected chi connectivity index (χ4v) is 6.34. The molecule has 1 saturated carbocycles. The molecule has 11 heteroatoms. The Bertz CT molecular complexity index is 1280. The maximum absolute atomic E-state index is 13.6. The summed E-state index contributed by atoms with van der Waals surface area (Å²) in [5.41, 5.74) is 2.04. The first-order valence-electron chi connectivity index (χ1n) is 14.3. The minimum absolute atomic E-state index is 0.0911. The van der Waals surface area contributed by atoms with E-state index in [1.807, 2.05) is 22.8 Å². The molecule has 3 aromatic rings. The van der Waals surface area contributed by atoms with Gasteiger partial charge in [0, 0.05) is 62.3 Å². The van der Waals surface area contributed by atoms with Gasteiger partial charge in [-0.2, -0.15) is 10.1 Å². The Kier molecular flexibility index (Phi) is 6.40. The first-order chi connectivity index (χ1) is 18.7. The summed E-state index contributed by atoms with van der Waals surface area (Å²) in [5, 5.41) is 19.2. The monoisotopic (exact) mass is 519 g/mol. The maximum Gasteiger partial charge on any atom is 0.246 e. The number of piperidine rings is 1. The van der Waals surface area contributed by atoms with Crippen LogP contribution in [0.3, 0.4) is 0 Å². The molecule has 0 bridgehead atoms. The second-order valence-corrected chi connectivity index (χ2v) is 11.2. The number of aromatic amines is 1. The molecule has 0 radical (unpaired) electrons. The van der Waals surface area contributed by atoms with Crippen LogP contribution in [0.4, 0.5) is 17.6 Å². The molecule has 1 aliphatic carbocycles. The van der Waals surface area contributed by atoms with Crippen molar-refractivity contribution in [3.8, 4) is 0 Å². The Morgan fingerprint density at radius 3 is 2.82 bits per heavy atom. The Morgan fingerprint density at radius 1 is 1.08 bits per heavy atom. The summed E-state index contributed by atoms with van der Waals surface area (Å²) < 4.78 is 7.39. The molecule has 1 unspecified atom stereocenters. The highest BCUT2D eigenvalue weighted by Gasteiger charge is 2.36. The van der Waals surface area contributed by atoms with Crippen molar-refractivity contribution in [2.75, 3.05) is 43.1 Å². The summed E-state index contributed by atoms with van der Waals surface area (Å²) in [5.74, 6) is 2.71. The minimum atomic E-state index is -0.263. The lowest BCUT2D eigenvalue weighted by molar-refractivity contribution is -0.123. The van der Waals surface area contributed by atoms with Crippen molar-refractivity contribution in [2.24, 2.45) is 0 Å².